The summed E-state index contributed by atoms with van der Waals surface area (Å²) in [5, 5.41) is 30.5. The first-order valence-corrected chi connectivity index (χ1v) is 7.27. The Morgan fingerprint density at radius 1 is 0.792 bits per heavy atom. The van der Waals surface area contributed by atoms with Crippen molar-refractivity contribution in [3.8, 4) is 39.7 Å². The maximum Gasteiger partial charge on any atom is 0.224 e. The first-order chi connectivity index (χ1) is 11.6. The van der Waals surface area contributed by atoms with Gasteiger partial charge in [0.1, 0.15) is 0 Å². The second kappa shape index (κ2) is 5.03. The van der Waals surface area contributed by atoms with Crippen molar-refractivity contribution in [3.63, 3.8) is 0 Å². The first-order valence-electron chi connectivity index (χ1n) is 7.27. The number of fused-ring (bicyclic) bond motifs is 2. The van der Waals surface area contributed by atoms with E-state index in [4.69, 9.17) is 4.42 Å². The molecule has 5 heteroatoms. The standard InChI is InChI=1S/C19H12O5/c20-13-8-6-11-15(10-4-2-1-3-5-10)12-7-9-14(21)17(23)19(12)24-18(11)16(13)22/h1-9,20,22-23H. The average Bonchev–Trinajstić information content (AvgIpc) is 2.61. The van der Waals surface area contributed by atoms with E-state index in [1.807, 2.05) is 30.3 Å². The number of hydrogen-bond donors (Lipinski definition) is 3. The van der Waals surface area contributed by atoms with Gasteiger partial charge in [0.2, 0.25) is 16.9 Å². The zero-order valence-electron chi connectivity index (χ0n) is 12.4. The van der Waals surface area contributed by atoms with Crippen LogP contribution >= 0.6 is 0 Å². The van der Waals surface area contributed by atoms with E-state index in [2.05, 4.69) is 0 Å². The highest BCUT2D eigenvalue weighted by Gasteiger charge is 2.23. The predicted octanol–water partition coefficient (Wildman–Crippen LogP) is 3.68. The molecule has 1 aliphatic heterocycles. The van der Waals surface area contributed by atoms with E-state index in [0.29, 0.717) is 16.5 Å². The van der Waals surface area contributed by atoms with E-state index >= 15 is 0 Å². The molecule has 118 valence electrons. The van der Waals surface area contributed by atoms with Gasteiger partial charge in [0.15, 0.2) is 17.1 Å². The van der Waals surface area contributed by atoms with E-state index in [-0.39, 0.29) is 17.1 Å². The molecule has 2 aromatic carbocycles. The molecule has 5 nitrogen and oxygen atoms in total. The van der Waals surface area contributed by atoms with Crippen molar-refractivity contribution in [2.45, 2.75) is 0 Å². The minimum atomic E-state index is -0.579. The molecule has 2 aliphatic rings. The Morgan fingerprint density at radius 2 is 1.54 bits per heavy atom. The van der Waals surface area contributed by atoms with Crippen molar-refractivity contribution in [2.24, 2.45) is 0 Å². The van der Waals surface area contributed by atoms with E-state index in [1.165, 1.54) is 12.1 Å². The highest BCUT2D eigenvalue weighted by atomic mass is 16.4. The first kappa shape index (κ1) is 14.1. The van der Waals surface area contributed by atoms with Gasteiger partial charge in [0, 0.05) is 16.5 Å². The number of phenols is 3. The molecular formula is C19H12O5. The summed E-state index contributed by atoms with van der Waals surface area (Å²) in [6.07, 6.45) is 0. The molecular weight excluding hydrogens is 308 g/mol. The van der Waals surface area contributed by atoms with Crippen molar-refractivity contribution in [2.75, 3.05) is 0 Å². The van der Waals surface area contributed by atoms with Crippen LogP contribution in [-0.2, 0) is 0 Å². The Hall–Kier alpha value is -3.47. The van der Waals surface area contributed by atoms with Gasteiger partial charge >= 0.3 is 0 Å². The Bertz CT molecular complexity index is 1100. The van der Waals surface area contributed by atoms with Crippen LogP contribution in [0.3, 0.4) is 0 Å². The van der Waals surface area contributed by atoms with Crippen LogP contribution < -0.4 is 5.43 Å². The van der Waals surface area contributed by atoms with Crippen molar-refractivity contribution in [3.05, 3.63) is 64.8 Å². The van der Waals surface area contributed by atoms with Crippen LogP contribution in [-0.4, -0.2) is 15.3 Å². The van der Waals surface area contributed by atoms with Crippen molar-refractivity contribution >= 4 is 11.0 Å². The number of rotatable bonds is 1. The molecule has 0 saturated heterocycles. The fraction of sp³-hybridized carbons (Fsp3) is 0. The highest BCUT2D eigenvalue weighted by molar-refractivity contribution is 6.04. The van der Waals surface area contributed by atoms with E-state index in [9.17, 15) is 20.1 Å². The molecule has 1 heterocycles. The zero-order valence-corrected chi connectivity index (χ0v) is 12.4. The maximum atomic E-state index is 11.7. The van der Waals surface area contributed by atoms with Gasteiger partial charge < -0.3 is 19.7 Å². The molecule has 4 rings (SSSR count). The largest absolute Gasteiger partial charge is 0.504 e. The van der Waals surface area contributed by atoms with Crippen LogP contribution in [0.25, 0.3) is 33.4 Å². The molecule has 0 radical (unpaired) electrons. The summed E-state index contributed by atoms with van der Waals surface area (Å²) in [5.74, 6) is -1.35. The van der Waals surface area contributed by atoms with E-state index in [0.717, 1.165) is 5.56 Å². The third-order valence-electron chi connectivity index (χ3n) is 4.01. The summed E-state index contributed by atoms with van der Waals surface area (Å²) >= 11 is 0. The van der Waals surface area contributed by atoms with Crippen molar-refractivity contribution < 1.29 is 19.7 Å². The quantitative estimate of drug-likeness (QED) is 0.367. The second-order valence-electron chi connectivity index (χ2n) is 5.44. The summed E-state index contributed by atoms with van der Waals surface area (Å²) in [7, 11) is 0. The second-order valence-corrected chi connectivity index (χ2v) is 5.44. The van der Waals surface area contributed by atoms with Gasteiger partial charge in [-0.15, -0.1) is 0 Å². The minimum Gasteiger partial charge on any atom is -0.504 e. The third-order valence-corrected chi connectivity index (χ3v) is 4.01. The molecule has 0 atom stereocenters. The van der Waals surface area contributed by atoms with Crippen molar-refractivity contribution in [1.29, 1.82) is 0 Å². The number of phenolic OH excluding ortho intramolecular Hbond substituents is 3. The number of hydrogen-bond acceptors (Lipinski definition) is 5. The van der Waals surface area contributed by atoms with Gasteiger partial charge in [-0.2, -0.15) is 0 Å². The summed E-state index contributed by atoms with van der Waals surface area (Å²) in [6, 6.07) is 15.2. The molecule has 1 aliphatic carbocycles. The molecule has 0 spiro atoms. The van der Waals surface area contributed by atoms with Crippen LogP contribution in [0.4, 0.5) is 0 Å². The van der Waals surface area contributed by atoms with Gasteiger partial charge in [-0.1, -0.05) is 30.3 Å². The maximum absolute atomic E-state index is 11.7. The monoisotopic (exact) mass is 320 g/mol. The summed E-state index contributed by atoms with van der Waals surface area (Å²) < 4.78 is 5.57. The average molecular weight is 320 g/mol. The SMILES string of the molecule is O=c1ccc2c(-c3ccccc3)c3ccc(O)c(O)c3oc-2c1O. The summed E-state index contributed by atoms with van der Waals surface area (Å²) in [6.45, 7) is 0. The predicted molar refractivity (Wildman–Crippen MR) is 89.5 cm³/mol. The fourth-order valence-electron chi connectivity index (χ4n) is 2.88. The Labute approximate surface area is 136 Å². The lowest BCUT2D eigenvalue weighted by molar-refractivity contribution is 0.398. The minimum absolute atomic E-state index is 0.00209. The van der Waals surface area contributed by atoms with Crippen LogP contribution in [0.2, 0.25) is 0 Å². The van der Waals surface area contributed by atoms with Gasteiger partial charge in [0.05, 0.1) is 0 Å². The molecule has 0 aromatic heterocycles. The van der Waals surface area contributed by atoms with Crippen LogP contribution in [0.15, 0.2) is 63.8 Å². The Balaban J connectivity index is 2.28. The fourth-order valence-corrected chi connectivity index (χ4v) is 2.88. The molecule has 24 heavy (non-hydrogen) atoms. The smallest absolute Gasteiger partial charge is 0.224 e. The Kier molecular flexibility index (Phi) is 2.96. The lowest BCUT2D eigenvalue weighted by atomic mass is 9.93. The van der Waals surface area contributed by atoms with Gasteiger partial charge in [-0.05, 0) is 29.8 Å². The third kappa shape index (κ3) is 1.91. The van der Waals surface area contributed by atoms with Gasteiger partial charge in [-0.25, -0.2) is 0 Å². The lowest BCUT2D eigenvalue weighted by Crippen LogP contribution is -2.02. The molecule has 0 unspecified atom stereocenters. The van der Waals surface area contributed by atoms with E-state index in [1.54, 1.807) is 12.1 Å². The molecule has 0 saturated carbocycles. The highest BCUT2D eigenvalue weighted by Crippen LogP contribution is 2.46. The van der Waals surface area contributed by atoms with Gasteiger partial charge in [0.25, 0.3) is 0 Å². The summed E-state index contributed by atoms with van der Waals surface area (Å²) in [5.41, 5.74) is 1.48. The van der Waals surface area contributed by atoms with Crippen LogP contribution in [0, 0.1) is 0 Å². The van der Waals surface area contributed by atoms with Crippen molar-refractivity contribution in [1.82, 2.24) is 0 Å². The van der Waals surface area contributed by atoms with Crippen LogP contribution in [0.5, 0.6) is 17.2 Å². The van der Waals surface area contributed by atoms with Gasteiger partial charge in [-0.3, -0.25) is 4.79 Å². The molecule has 0 bridgehead atoms. The summed E-state index contributed by atoms with van der Waals surface area (Å²) in [4.78, 5) is 11.7. The lowest BCUT2D eigenvalue weighted by Gasteiger charge is -2.16. The van der Waals surface area contributed by atoms with E-state index < -0.39 is 16.9 Å². The topological polar surface area (TPSA) is 90.9 Å². The number of aromatic hydroxyl groups is 3. The Morgan fingerprint density at radius 3 is 2.29 bits per heavy atom. The normalized spacial score (nSPS) is 11.2. The zero-order chi connectivity index (χ0) is 16.8. The molecule has 3 N–H and O–H groups in total. The number of benzene rings is 3. The molecule has 0 fully saturated rings. The molecule has 0 amide bonds. The van der Waals surface area contributed by atoms with Crippen LogP contribution in [0.1, 0.15) is 0 Å². The molecule has 2 aromatic rings.